The lowest BCUT2D eigenvalue weighted by Crippen LogP contribution is -2.06. The van der Waals surface area contributed by atoms with Gasteiger partial charge in [0.2, 0.25) is 0 Å². The Morgan fingerprint density at radius 2 is 1.52 bits per heavy atom. The van der Waals surface area contributed by atoms with Gasteiger partial charge in [-0.1, -0.05) is 121 Å². The van der Waals surface area contributed by atoms with Crippen LogP contribution < -0.4 is 0 Å². The van der Waals surface area contributed by atoms with Gasteiger partial charge < -0.3 is 4.42 Å². The SMILES string of the molecule is C1=CCC=C(c2nc(C3=CC=CC3c3nc4ccccc4c4c3oc3ccccc34)cc(-c3cccc4c3sc3ccccc34)n2)C=C1. The van der Waals surface area contributed by atoms with Gasteiger partial charge in [-0.3, -0.25) is 0 Å². The van der Waals surface area contributed by atoms with Gasteiger partial charge in [0.05, 0.1) is 28.5 Å². The predicted molar refractivity (Wildman–Crippen MR) is 200 cm³/mol. The smallest absolute Gasteiger partial charge is 0.160 e. The van der Waals surface area contributed by atoms with E-state index in [0.717, 1.165) is 73.1 Å². The molecule has 0 amide bonds. The van der Waals surface area contributed by atoms with Crippen LogP contribution in [0.25, 0.3) is 75.4 Å². The first-order chi connectivity index (χ1) is 23.8. The maximum Gasteiger partial charge on any atom is 0.160 e. The molecule has 0 N–H and O–H groups in total. The molecule has 8 aromatic rings. The number of allylic oxidation sites excluding steroid dienone is 10. The van der Waals surface area contributed by atoms with Gasteiger partial charge in [0.1, 0.15) is 5.58 Å². The molecule has 0 bridgehead atoms. The zero-order valence-electron chi connectivity index (χ0n) is 25.8. The quantitative estimate of drug-likeness (QED) is 0.193. The van der Waals surface area contributed by atoms with E-state index >= 15 is 0 Å². The third-order valence-corrected chi connectivity index (χ3v) is 10.6. The van der Waals surface area contributed by atoms with Gasteiger partial charge in [0.15, 0.2) is 11.4 Å². The van der Waals surface area contributed by atoms with E-state index in [1.54, 1.807) is 0 Å². The van der Waals surface area contributed by atoms with Crippen LogP contribution in [-0.2, 0) is 0 Å². The highest BCUT2D eigenvalue weighted by molar-refractivity contribution is 7.26. The number of benzene rings is 4. The van der Waals surface area contributed by atoms with Crippen LogP contribution in [0.15, 0.2) is 150 Å². The lowest BCUT2D eigenvalue weighted by molar-refractivity contribution is 0.660. The van der Waals surface area contributed by atoms with E-state index in [4.69, 9.17) is 19.4 Å². The molecule has 48 heavy (non-hydrogen) atoms. The Morgan fingerprint density at radius 1 is 0.708 bits per heavy atom. The second-order valence-corrected chi connectivity index (χ2v) is 13.3. The number of nitrogens with zero attached hydrogens (tertiary/aromatic N) is 3. The molecule has 4 aromatic heterocycles. The maximum absolute atomic E-state index is 6.61. The average Bonchev–Trinajstić information content (AvgIpc) is 3.81. The standard InChI is InChI=1S/C43H27N3OS/c1-2-4-14-26(13-3-1)43-45-35(25-36(46-43)32-21-12-20-30-28-15-7-10-24-38(28)48-42(30)32)27-18-11-19-29(27)40-41-39(31-16-5-8-22-34(31)44-40)33-17-6-9-23-37(33)47-41/h1-3,5-25,29H,4H2. The second-order valence-electron chi connectivity index (χ2n) is 12.2. The van der Waals surface area contributed by atoms with Gasteiger partial charge in [0.25, 0.3) is 0 Å². The molecule has 1 atom stereocenters. The fraction of sp³-hybridized carbons (Fsp3) is 0.0465. The molecule has 10 rings (SSSR count). The number of furan rings is 1. The Bertz CT molecular complexity index is 2770. The van der Waals surface area contributed by atoms with Gasteiger partial charge in [-0.15, -0.1) is 11.3 Å². The second kappa shape index (κ2) is 10.8. The molecule has 1 unspecified atom stereocenters. The summed E-state index contributed by atoms with van der Waals surface area (Å²) < 4.78 is 9.12. The lowest BCUT2D eigenvalue weighted by atomic mass is 9.92. The summed E-state index contributed by atoms with van der Waals surface area (Å²) in [7, 11) is 0. The first-order valence-electron chi connectivity index (χ1n) is 16.2. The molecule has 0 fully saturated rings. The minimum Gasteiger partial charge on any atom is -0.454 e. The highest BCUT2D eigenvalue weighted by atomic mass is 32.1. The Morgan fingerprint density at radius 3 is 2.48 bits per heavy atom. The Balaban J connectivity index is 1.19. The molecule has 0 spiro atoms. The zero-order valence-corrected chi connectivity index (χ0v) is 26.6. The first kappa shape index (κ1) is 27.2. The normalized spacial score (nSPS) is 16.0. The summed E-state index contributed by atoms with van der Waals surface area (Å²) in [6.07, 6.45) is 17.9. The monoisotopic (exact) mass is 633 g/mol. The summed E-state index contributed by atoms with van der Waals surface area (Å²) in [5.74, 6) is 0.571. The molecule has 0 radical (unpaired) electrons. The molecule has 0 aliphatic heterocycles. The van der Waals surface area contributed by atoms with Crippen LogP contribution in [-0.4, -0.2) is 15.0 Å². The lowest BCUT2D eigenvalue weighted by Gasteiger charge is -2.17. The van der Waals surface area contributed by atoms with Crippen LogP contribution >= 0.6 is 11.3 Å². The van der Waals surface area contributed by atoms with Crippen LogP contribution in [0.4, 0.5) is 0 Å². The molecule has 226 valence electrons. The largest absolute Gasteiger partial charge is 0.454 e. The summed E-state index contributed by atoms with van der Waals surface area (Å²) in [4.78, 5) is 15.8. The molecule has 4 nitrogen and oxygen atoms in total. The highest BCUT2D eigenvalue weighted by Crippen LogP contribution is 2.45. The number of pyridine rings is 1. The van der Waals surface area contributed by atoms with Crippen molar-refractivity contribution >= 4 is 75.5 Å². The van der Waals surface area contributed by atoms with Crippen LogP contribution in [0.2, 0.25) is 0 Å². The number of para-hydroxylation sites is 2. The van der Waals surface area contributed by atoms with E-state index in [9.17, 15) is 0 Å². The molecule has 0 saturated carbocycles. The summed E-state index contributed by atoms with van der Waals surface area (Å²) in [5.41, 5.74) is 8.52. The van der Waals surface area contributed by atoms with Crippen molar-refractivity contribution in [3.63, 3.8) is 0 Å². The molecular formula is C43H27N3OS. The minimum absolute atomic E-state index is 0.145. The number of rotatable bonds is 4. The summed E-state index contributed by atoms with van der Waals surface area (Å²) in [5, 5.41) is 5.82. The highest BCUT2D eigenvalue weighted by Gasteiger charge is 2.28. The van der Waals surface area contributed by atoms with Crippen molar-refractivity contribution in [2.24, 2.45) is 0 Å². The Kier molecular flexibility index (Phi) is 6.14. The summed E-state index contributed by atoms with van der Waals surface area (Å²) >= 11 is 1.82. The Hall–Kier alpha value is -5.91. The van der Waals surface area contributed by atoms with Gasteiger partial charge in [-0.05, 0) is 36.3 Å². The van der Waals surface area contributed by atoms with Crippen LogP contribution in [0.3, 0.4) is 0 Å². The van der Waals surface area contributed by atoms with Crippen molar-refractivity contribution in [2.75, 3.05) is 0 Å². The minimum atomic E-state index is -0.145. The van der Waals surface area contributed by atoms with E-state index in [0.29, 0.717) is 5.82 Å². The molecular weight excluding hydrogens is 607 g/mol. The van der Waals surface area contributed by atoms with Crippen molar-refractivity contribution in [3.8, 4) is 11.3 Å². The first-order valence-corrected chi connectivity index (χ1v) is 17.0. The van der Waals surface area contributed by atoms with E-state index in [2.05, 4.69) is 134 Å². The van der Waals surface area contributed by atoms with Crippen LogP contribution in [0, 0.1) is 0 Å². The third kappa shape index (κ3) is 4.25. The number of hydrogen-bond acceptors (Lipinski definition) is 5. The topological polar surface area (TPSA) is 51.8 Å². The van der Waals surface area contributed by atoms with E-state index in [1.807, 2.05) is 23.5 Å². The molecule has 4 heterocycles. The molecule has 0 saturated heterocycles. The maximum atomic E-state index is 6.61. The summed E-state index contributed by atoms with van der Waals surface area (Å²) in [6, 6.07) is 33.9. The molecule has 5 heteroatoms. The van der Waals surface area contributed by atoms with E-state index in [-0.39, 0.29) is 5.92 Å². The van der Waals surface area contributed by atoms with E-state index in [1.165, 1.54) is 20.2 Å². The zero-order chi connectivity index (χ0) is 31.6. The fourth-order valence-corrected chi connectivity index (χ4v) is 8.41. The van der Waals surface area contributed by atoms with Crippen molar-refractivity contribution in [1.29, 1.82) is 0 Å². The predicted octanol–water partition coefficient (Wildman–Crippen LogP) is 11.6. The van der Waals surface area contributed by atoms with Crippen LogP contribution in [0.5, 0.6) is 0 Å². The molecule has 4 aromatic carbocycles. The average molecular weight is 634 g/mol. The van der Waals surface area contributed by atoms with Crippen molar-refractivity contribution in [3.05, 3.63) is 163 Å². The van der Waals surface area contributed by atoms with Crippen molar-refractivity contribution in [1.82, 2.24) is 15.0 Å². The number of hydrogen-bond donors (Lipinski definition) is 0. The van der Waals surface area contributed by atoms with Gasteiger partial charge in [0, 0.05) is 47.5 Å². The molecule has 2 aliphatic rings. The van der Waals surface area contributed by atoms with E-state index < -0.39 is 0 Å². The van der Waals surface area contributed by atoms with Gasteiger partial charge in [-0.2, -0.15) is 0 Å². The Labute approximate surface area is 280 Å². The van der Waals surface area contributed by atoms with Gasteiger partial charge >= 0.3 is 0 Å². The number of aromatic nitrogens is 3. The van der Waals surface area contributed by atoms with Crippen molar-refractivity contribution in [2.45, 2.75) is 12.3 Å². The van der Waals surface area contributed by atoms with Crippen LogP contribution in [0.1, 0.15) is 29.6 Å². The summed E-state index contributed by atoms with van der Waals surface area (Å²) in [6.45, 7) is 0. The third-order valence-electron chi connectivity index (χ3n) is 9.41. The number of fused-ring (bicyclic) bond motifs is 8. The van der Waals surface area contributed by atoms with Crippen molar-refractivity contribution < 1.29 is 4.42 Å². The fourth-order valence-electron chi connectivity index (χ4n) is 7.18. The number of thiophene rings is 1. The van der Waals surface area contributed by atoms with Gasteiger partial charge in [-0.25, -0.2) is 15.0 Å². The molecule has 2 aliphatic carbocycles.